The number of likely N-dealkylation sites (tertiary alicyclic amines) is 1. The molecular formula is C13H14N2. The van der Waals surface area contributed by atoms with Crippen molar-refractivity contribution < 1.29 is 0 Å². The third-order valence-corrected chi connectivity index (χ3v) is 3.13. The number of aryl methyl sites for hydroxylation is 1. The molecule has 2 heterocycles. The number of nitrogens with zero attached hydrogens (tertiary/aromatic N) is 2. The Balaban J connectivity index is 2.02. The summed E-state index contributed by atoms with van der Waals surface area (Å²) in [4.78, 5) is 6.92. The molecule has 0 N–H and O–H groups in total. The number of aliphatic imine (C=N–C) groups is 1. The second-order valence-electron chi connectivity index (χ2n) is 4.37. The maximum Gasteiger partial charge on any atom is 0.0772 e. The van der Waals surface area contributed by atoms with Gasteiger partial charge in [0.05, 0.1) is 11.4 Å². The lowest BCUT2D eigenvalue weighted by Crippen LogP contribution is -2.14. The fourth-order valence-corrected chi connectivity index (χ4v) is 2.29. The Morgan fingerprint density at radius 1 is 1.20 bits per heavy atom. The van der Waals surface area contributed by atoms with E-state index in [1.54, 1.807) is 0 Å². The molecule has 1 aromatic carbocycles. The zero-order valence-electron chi connectivity index (χ0n) is 9.12. The van der Waals surface area contributed by atoms with Crippen molar-refractivity contribution in [3.8, 4) is 0 Å². The average molecular weight is 198 g/mol. The molecule has 0 aromatic heterocycles. The topological polar surface area (TPSA) is 15.6 Å². The van der Waals surface area contributed by atoms with Gasteiger partial charge in [0.1, 0.15) is 0 Å². The van der Waals surface area contributed by atoms with E-state index in [-0.39, 0.29) is 0 Å². The van der Waals surface area contributed by atoms with Crippen LogP contribution in [0, 0.1) is 6.92 Å². The highest BCUT2D eigenvalue weighted by Crippen LogP contribution is 2.34. The van der Waals surface area contributed by atoms with Crippen LogP contribution < -0.4 is 0 Å². The molecule has 0 aliphatic carbocycles. The first kappa shape index (κ1) is 8.86. The van der Waals surface area contributed by atoms with Crippen LogP contribution in [0.1, 0.15) is 11.1 Å². The van der Waals surface area contributed by atoms with Gasteiger partial charge in [-0.1, -0.05) is 24.3 Å². The Kier molecular flexibility index (Phi) is 1.80. The van der Waals surface area contributed by atoms with Gasteiger partial charge in [0.2, 0.25) is 0 Å². The molecule has 2 aliphatic rings. The molecule has 0 bridgehead atoms. The summed E-state index contributed by atoms with van der Waals surface area (Å²) < 4.78 is 0. The largest absolute Gasteiger partial charge is 0.296 e. The van der Waals surface area contributed by atoms with Crippen molar-refractivity contribution in [2.75, 3.05) is 20.1 Å². The van der Waals surface area contributed by atoms with E-state index >= 15 is 0 Å². The lowest BCUT2D eigenvalue weighted by molar-refractivity contribution is 0.446. The molecule has 0 unspecified atom stereocenters. The van der Waals surface area contributed by atoms with Crippen LogP contribution in [-0.2, 0) is 0 Å². The van der Waals surface area contributed by atoms with Gasteiger partial charge in [0, 0.05) is 24.2 Å². The maximum atomic E-state index is 4.62. The van der Waals surface area contributed by atoms with Gasteiger partial charge in [0.15, 0.2) is 0 Å². The van der Waals surface area contributed by atoms with Gasteiger partial charge in [-0.2, -0.15) is 0 Å². The van der Waals surface area contributed by atoms with Gasteiger partial charge >= 0.3 is 0 Å². The van der Waals surface area contributed by atoms with Gasteiger partial charge in [0.25, 0.3) is 0 Å². The van der Waals surface area contributed by atoms with Crippen molar-refractivity contribution in [1.82, 2.24) is 4.90 Å². The third-order valence-electron chi connectivity index (χ3n) is 3.13. The molecule has 3 rings (SSSR count). The van der Waals surface area contributed by atoms with Gasteiger partial charge in [-0.3, -0.25) is 9.89 Å². The van der Waals surface area contributed by atoms with Crippen LogP contribution in [0.2, 0.25) is 0 Å². The van der Waals surface area contributed by atoms with Crippen molar-refractivity contribution in [1.29, 1.82) is 0 Å². The number of likely N-dealkylation sites (N-methyl/N-ethyl adjacent to an activating group) is 1. The molecule has 0 amide bonds. The quantitative estimate of drug-likeness (QED) is 0.674. The van der Waals surface area contributed by atoms with Crippen LogP contribution in [0.25, 0.3) is 5.70 Å². The average Bonchev–Trinajstić information content (AvgIpc) is 2.48. The van der Waals surface area contributed by atoms with E-state index in [0.717, 1.165) is 13.1 Å². The maximum absolute atomic E-state index is 4.62. The second-order valence-corrected chi connectivity index (χ2v) is 4.37. The van der Waals surface area contributed by atoms with Gasteiger partial charge in [-0.15, -0.1) is 0 Å². The highest BCUT2D eigenvalue weighted by atomic mass is 15.1. The summed E-state index contributed by atoms with van der Waals surface area (Å²) >= 11 is 0. The Bertz CT molecular complexity index is 483. The molecule has 2 heteroatoms. The molecule has 76 valence electrons. The fraction of sp³-hybridized carbons (Fsp3) is 0.308. The van der Waals surface area contributed by atoms with Gasteiger partial charge in [-0.25, -0.2) is 0 Å². The lowest BCUT2D eigenvalue weighted by Gasteiger charge is -2.17. The van der Waals surface area contributed by atoms with Crippen molar-refractivity contribution in [3.05, 3.63) is 41.0 Å². The predicted octanol–water partition coefficient (Wildman–Crippen LogP) is 2.11. The smallest absolute Gasteiger partial charge is 0.0772 e. The predicted molar refractivity (Wildman–Crippen MR) is 63.0 cm³/mol. The summed E-state index contributed by atoms with van der Waals surface area (Å²) in [5.74, 6) is 0. The van der Waals surface area contributed by atoms with E-state index in [1.165, 1.54) is 28.1 Å². The van der Waals surface area contributed by atoms with E-state index < -0.39 is 0 Å². The van der Waals surface area contributed by atoms with Crippen molar-refractivity contribution in [2.45, 2.75) is 6.92 Å². The summed E-state index contributed by atoms with van der Waals surface area (Å²) in [7, 11) is 2.14. The third kappa shape index (κ3) is 1.25. The van der Waals surface area contributed by atoms with Gasteiger partial charge < -0.3 is 0 Å². The molecule has 0 atom stereocenters. The molecule has 0 saturated carbocycles. The summed E-state index contributed by atoms with van der Waals surface area (Å²) in [6.07, 6.45) is 0. The summed E-state index contributed by atoms with van der Waals surface area (Å²) in [6, 6.07) is 8.47. The van der Waals surface area contributed by atoms with Crippen LogP contribution in [0.15, 0.2) is 34.8 Å². The van der Waals surface area contributed by atoms with Crippen LogP contribution >= 0.6 is 0 Å². The highest BCUT2D eigenvalue weighted by molar-refractivity contribution is 6.18. The molecule has 15 heavy (non-hydrogen) atoms. The Hall–Kier alpha value is -1.41. The lowest BCUT2D eigenvalue weighted by atomic mass is 9.96. The van der Waals surface area contributed by atoms with Crippen LogP contribution in [0.3, 0.4) is 0 Å². The van der Waals surface area contributed by atoms with Crippen molar-refractivity contribution in [3.63, 3.8) is 0 Å². The Morgan fingerprint density at radius 2 is 2.00 bits per heavy atom. The standard InChI is InChI=1S/C13H14N2/c1-9-5-3-4-6-10(9)13-11-7-15(2)8-12(11)14-13/h3-6H,7-8H2,1-2H3. The fourth-order valence-electron chi connectivity index (χ4n) is 2.29. The number of rotatable bonds is 1. The first-order valence-corrected chi connectivity index (χ1v) is 5.31. The van der Waals surface area contributed by atoms with E-state index in [1.807, 2.05) is 0 Å². The molecule has 2 aliphatic heterocycles. The summed E-state index contributed by atoms with van der Waals surface area (Å²) in [5, 5.41) is 0. The minimum absolute atomic E-state index is 1.02. The monoisotopic (exact) mass is 198 g/mol. The normalized spacial score (nSPS) is 20.0. The van der Waals surface area contributed by atoms with Crippen LogP contribution in [-0.4, -0.2) is 30.7 Å². The summed E-state index contributed by atoms with van der Waals surface area (Å²) in [5.41, 5.74) is 6.57. The molecule has 1 aromatic rings. The van der Waals surface area contributed by atoms with E-state index in [0.29, 0.717) is 0 Å². The van der Waals surface area contributed by atoms with Crippen LogP contribution in [0.5, 0.6) is 0 Å². The number of benzene rings is 1. The summed E-state index contributed by atoms with van der Waals surface area (Å²) in [6.45, 7) is 4.22. The van der Waals surface area contributed by atoms with Crippen molar-refractivity contribution in [2.24, 2.45) is 4.99 Å². The zero-order chi connectivity index (χ0) is 10.4. The Morgan fingerprint density at radius 3 is 2.73 bits per heavy atom. The second kappa shape index (κ2) is 3.04. The molecule has 1 fully saturated rings. The molecule has 2 nitrogen and oxygen atoms in total. The van der Waals surface area contributed by atoms with E-state index in [4.69, 9.17) is 0 Å². The number of fused-ring (bicyclic) bond motifs is 1. The number of hydrogen-bond donors (Lipinski definition) is 0. The minimum Gasteiger partial charge on any atom is -0.296 e. The van der Waals surface area contributed by atoms with E-state index in [9.17, 15) is 0 Å². The first-order valence-electron chi connectivity index (χ1n) is 5.31. The highest BCUT2D eigenvalue weighted by Gasteiger charge is 2.31. The first-order chi connectivity index (χ1) is 7.25. The minimum atomic E-state index is 1.02. The molecule has 0 spiro atoms. The molecular weight excluding hydrogens is 184 g/mol. The SMILES string of the molecule is Cc1ccccc1C1=C2CN(C)CC2=N1. The van der Waals surface area contributed by atoms with Gasteiger partial charge in [-0.05, 0) is 19.5 Å². The molecule has 1 saturated heterocycles. The zero-order valence-corrected chi connectivity index (χ0v) is 9.12. The van der Waals surface area contributed by atoms with Crippen LogP contribution in [0.4, 0.5) is 0 Å². The molecule has 0 radical (unpaired) electrons. The Labute approximate surface area is 89.9 Å². The number of hydrogen-bond acceptors (Lipinski definition) is 2. The van der Waals surface area contributed by atoms with Crippen molar-refractivity contribution >= 4 is 11.4 Å². The van der Waals surface area contributed by atoms with E-state index in [2.05, 4.69) is 48.1 Å².